The maximum absolute atomic E-state index is 12.3. The number of thiophene rings is 1. The third kappa shape index (κ3) is 3.12. The first kappa shape index (κ1) is 14.6. The first-order valence-corrected chi connectivity index (χ1v) is 8.51. The van der Waals surface area contributed by atoms with E-state index in [1.807, 2.05) is 0 Å². The molecule has 2 saturated carbocycles. The van der Waals surface area contributed by atoms with Gasteiger partial charge in [0.1, 0.15) is 0 Å². The smallest absolute Gasteiger partial charge is 0.306 e. The number of carbonyl (C=O) groups is 2. The van der Waals surface area contributed by atoms with E-state index in [4.69, 9.17) is 5.11 Å². The molecule has 4 nitrogen and oxygen atoms in total. The molecule has 5 heteroatoms. The lowest BCUT2D eigenvalue weighted by Crippen LogP contribution is -2.39. The number of aryl methyl sites for hydroxylation is 1. The van der Waals surface area contributed by atoms with Crippen molar-refractivity contribution in [1.29, 1.82) is 0 Å². The fraction of sp³-hybridized carbons (Fsp3) is 0.625. The summed E-state index contributed by atoms with van der Waals surface area (Å²) in [6.45, 7) is 2.10. The van der Waals surface area contributed by atoms with Crippen molar-refractivity contribution in [2.75, 3.05) is 0 Å². The minimum atomic E-state index is -0.699. The van der Waals surface area contributed by atoms with Gasteiger partial charge in [0.25, 0.3) is 0 Å². The zero-order valence-electron chi connectivity index (χ0n) is 12.2. The summed E-state index contributed by atoms with van der Waals surface area (Å²) >= 11 is 1.75. The van der Waals surface area contributed by atoms with Crippen LogP contribution in [0.15, 0.2) is 11.4 Å². The van der Waals surface area contributed by atoms with Gasteiger partial charge < -0.3 is 10.4 Å². The summed E-state index contributed by atoms with van der Waals surface area (Å²) in [6, 6.07) is 2.28. The lowest BCUT2D eigenvalue weighted by atomic mass is 9.86. The van der Waals surface area contributed by atoms with Crippen LogP contribution in [0.3, 0.4) is 0 Å². The Morgan fingerprint density at radius 2 is 2.00 bits per heavy atom. The van der Waals surface area contributed by atoms with Crippen molar-refractivity contribution in [1.82, 2.24) is 5.32 Å². The molecule has 2 atom stereocenters. The molecule has 1 amide bonds. The molecular weight excluding hydrogens is 286 g/mol. The highest BCUT2D eigenvalue weighted by atomic mass is 32.1. The predicted octanol–water partition coefficient (Wildman–Crippen LogP) is 2.92. The topological polar surface area (TPSA) is 66.4 Å². The van der Waals surface area contributed by atoms with E-state index in [9.17, 15) is 9.59 Å². The lowest BCUT2D eigenvalue weighted by molar-refractivity contribution is -0.142. The van der Waals surface area contributed by atoms with E-state index >= 15 is 0 Å². The molecule has 2 N–H and O–H groups in total. The molecular formula is C16H21NO3S. The molecule has 21 heavy (non-hydrogen) atoms. The SMILES string of the molecule is Cc1ccsc1[C@H]1C[C@@H]1C(=O)NC1CCC(C(=O)O)CC1. The van der Waals surface area contributed by atoms with Crippen LogP contribution in [0.1, 0.15) is 48.5 Å². The molecule has 3 rings (SSSR count). The van der Waals surface area contributed by atoms with Crippen molar-refractivity contribution in [2.45, 2.75) is 51.0 Å². The third-order valence-electron chi connectivity index (χ3n) is 4.79. The van der Waals surface area contributed by atoms with E-state index in [1.54, 1.807) is 11.3 Å². The van der Waals surface area contributed by atoms with Gasteiger partial charge in [0.2, 0.25) is 5.91 Å². The van der Waals surface area contributed by atoms with Gasteiger partial charge in [-0.15, -0.1) is 11.3 Å². The van der Waals surface area contributed by atoms with Crippen molar-refractivity contribution in [2.24, 2.45) is 11.8 Å². The summed E-state index contributed by atoms with van der Waals surface area (Å²) in [4.78, 5) is 24.6. The van der Waals surface area contributed by atoms with Crippen molar-refractivity contribution in [3.63, 3.8) is 0 Å². The number of amides is 1. The molecule has 1 heterocycles. The van der Waals surface area contributed by atoms with Gasteiger partial charge in [-0.25, -0.2) is 0 Å². The minimum absolute atomic E-state index is 0.125. The molecule has 0 spiro atoms. The maximum atomic E-state index is 12.3. The second-order valence-electron chi connectivity index (χ2n) is 6.31. The standard InChI is InChI=1S/C16H21NO3S/c1-9-6-7-21-14(9)12-8-13(12)15(18)17-11-4-2-10(3-5-11)16(19)20/h6-7,10-13H,2-5,8H2,1H3,(H,17,18)(H,19,20)/t10?,11?,12-,13-/m0/s1. The largest absolute Gasteiger partial charge is 0.481 e. The molecule has 0 aromatic carbocycles. The normalized spacial score (nSPS) is 31.7. The van der Waals surface area contributed by atoms with Crippen LogP contribution in [0.4, 0.5) is 0 Å². The Hall–Kier alpha value is -1.36. The average molecular weight is 307 g/mol. The molecule has 114 valence electrons. The Balaban J connectivity index is 1.48. The Kier molecular flexibility index (Phi) is 4.02. The second-order valence-corrected chi connectivity index (χ2v) is 7.26. The van der Waals surface area contributed by atoms with E-state index in [1.165, 1.54) is 10.4 Å². The highest BCUT2D eigenvalue weighted by molar-refractivity contribution is 7.10. The van der Waals surface area contributed by atoms with Crippen LogP contribution < -0.4 is 5.32 Å². The number of carboxylic acids is 1. The summed E-state index contributed by atoms with van der Waals surface area (Å²) in [5.74, 6) is -0.234. The number of carboxylic acid groups (broad SMARTS) is 1. The molecule has 0 bridgehead atoms. The zero-order chi connectivity index (χ0) is 15.0. The van der Waals surface area contributed by atoms with Gasteiger partial charge in [-0.2, -0.15) is 0 Å². The van der Waals surface area contributed by atoms with Crippen LogP contribution in [0, 0.1) is 18.8 Å². The van der Waals surface area contributed by atoms with Crippen LogP contribution in [0.25, 0.3) is 0 Å². The summed E-state index contributed by atoms with van der Waals surface area (Å²) in [6.07, 6.45) is 3.89. The van der Waals surface area contributed by atoms with E-state index in [0.717, 1.165) is 19.3 Å². The Morgan fingerprint density at radius 3 is 2.57 bits per heavy atom. The number of hydrogen-bond donors (Lipinski definition) is 2. The van der Waals surface area contributed by atoms with E-state index < -0.39 is 5.97 Å². The molecule has 2 aliphatic rings. The number of nitrogens with one attached hydrogen (secondary N) is 1. The van der Waals surface area contributed by atoms with Crippen LogP contribution >= 0.6 is 11.3 Å². The van der Waals surface area contributed by atoms with E-state index in [-0.39, 0.29) is 23.8 Å². The van der Waals surface area contributed by atoms with Crippen molar-refractivity contribution < 1.29 is 14.7 Å². The van der Waals surface area contributed by atoms with Crippen molar-refractivity contribution >= 4 is 23.2 Å². The highest BCUT2D eigenvalue weighted by Gasteiger charge is 2.45. The Morgan fingerprint density at radius 1 is 1.29 bits per heavy atom. The minimum Gasteiger partial charge on any atom is -0.481 e. The molecule has 0 unspecified atom stereocenters. The van der Waals surface area contributed by atoms with Gasteiger partial charge in [0.05, 0.1) is 5.92 Å². The molecule has 0 saturated heterocycles. The van der Waals surface area contributed by atoms with E-state index in [0.29, 0.717) is 18.8 Å². The summed E-state index contributed by atoms with van der Waals surface area (Å²) in [7, 11) is 0. The van der Waals surface area contributed by atoms with Crippen LogP contribution in [-0.4, -0.2) is 23.0 Å². The maximum Gasteiger partial charge on any atom is 0.306 e. The summed E-state index contributed by atoms with van der Waals surface area (Å²) in [5.41, 5.74) is 1.29. The molecule has 0 aliphatic heterocycles. The number of carbonyl (C=O) groups excluding carboxylic acids is 1. The fourth-order valence-electron chi connectivity index (χ4n) is 3.33. The van der Waals surface area contributed by atoms with E-state index in [2.05, 4.69) is 23.7 Å². The van der Waals surface area contributed by atoms with Gasteiger partial charge in [0.15, 0.2) is 0 Å². The van der Waals surface area contributed by atoms with Gasteiger partial charge in [-0.3, -0.25) is 9.59 Å². The van der Waals surface area contributed by atoms with Crippen molar-refractivity contribution in [3.05, 3.63) is 21.9 Å². The summed E-state index contributed by atoms with van der Waals surface area (Å²) in [5, 5.41) is 14.2. The summed E-state index contributed by atoms with van der Waals surface area (Å²) < 4.78 is 0. The number of rotatable bonds is 4. The van der Waals surface area contributed by atoms with Gasteiger partial charge in [-0.1, -0.05) is 0 Å². The first-order valence-electron chi connectivity index (χ1n) is 7.63. The average Bonchev–Trinajstić information content (AvgIpc) is 3.14. The molecule has 1 aromatic heterocycles. The van der Waals surface area contributed by atoms with Gasteiger partial charge >= 0.3 is 5.97 Å². The van der Waals surface area contributed by atoms with Crippen LogP contribution in [-0.2, 0) is 9.59 Å². The monoisotopic (exact) mass is 307 g/mol. The number of aliphatic carboxylic acids is 1. The van der Waals surface area contributed by atoms with Crippen molar-refractivity contribution in [3.8, 4) is 0 Å². The predicted molar refractivity (Wildman–Crippen MR) is 81.4 cm³/mol. The number of hydrogen-bond acceptors (Lipinski definition) is 3. The Labute approximate surface area is 128 Å². The van der Waals surface area contributed by atoms with Crippen LogP contribution in [0.5, 0.6) is 0 Å². The quantitative estimate of drug-likeness (QED) is 0.899. The fourth-order valence-corrected chi connectivity index (χ4v) is 4.44. The van der Waals surface area contributed by atoms with Gasteiger partial charge in [-0.05, 0) is 56.0 Å². The first-order chi connectivity index (χ1) is 10.1. The molecule has 2 fully saturated rings. The molecule has 1 aromatic rings. The third-order valence-corrected chi connectivity index (χ3v) is 5.94. The Bertz CT molecular complexity index is 545. The molecule has 0 radical (unpaired) electrons. The van der Waals surface area contributed by atoms with Gasteiger partial charge in [0, 0.05) is 22.8 Å². The zero-order valence-corrected chi connectivity index (χ0v) is 13.0. The van der Waals surface area contributed by atoms with Crippen LogP contribution in [0.2, 0.25) is 0 Å². The highest BCUT2D eigenvalue weighted by Crippen LogP contribution is 2.50. The second kappa shape index (κ2) is 5.79. The lowest BCUT2D eigenvalue weighted by Gasteiger charge is -2.26. The molecule has 2 aliphatic carbocycles.